The zero-order chi connectivity index (χ0) is 20.4. The second kappa shape index (κ2) is 8.38. The fraction of sp³-hybridized carbons (Fsp3) is 0.227. The van der Waals surface area contributed by atoms with Gasteiger partial charge >= 0.3 is 0 Å². The first kappa shape index (κ1) is 21.1. The minimum Gasteiger partial charge on any atom is -0.403 e. The van der Waals surface area contributed by atoms with E-state index in [9.17, 15) is 8.78 Å². The summed E-state index contributed by atoms with van der Waals surface area (Å²) >= 11 is 1.82. The number of hydrogen-bond acceptors (Lipinski definition) is 2. The molecule has 0 bridgehead atoms. The maximum Gasteiger partial charge on any atom is 0.261 e. The van der Waals surface area contributed by atoms with Crippen LogP contribution in [0.4, 0.5) is 8.78 Å². The number of hydrogen-bond donors (Lipinski definition) is 0. The molecule has 0 aliphatic rings. The van der Waals surface area contributed by atoms with Crippen molar-refractivity contribution in [1.82, 2.24) is 4.98 Å². The van der Waals surface area contributed by atoms with Gasteiger partial charge in [0.25, 0.3) is 8.32 Å². The molecule has 0 unspecified atom stereocenters. The lowest BCUT2D eigenvalue weighted by Crippen LogP contribution is -2.66. The fourth-order valence-corrected chi connectivity index (χ4v) is 8.56. The number of rotatable bonds is 5. The molecule has 1 heterocycles. The van der Waals surface area contributed by atoms with Crippen LogP contribution in [0.25, 0.3) is 0 Å². The first-order valence-electron chi connectivity index (χ1n) is 9.01. The monoisotopic (exact) mass is 509 g/mol. The number of pyridine rings is 1. The lowest BCUT2D eigenvalue weighted by atomic mass is 10.2. The smallest absolute Gasteiger partial charge is 0.261 e. The Kier molecular flexibility index (Phi) is 6.31. The predicted octanol–water partition coefficient (Wildman–Crippen LogP) is 5.04. The highest BCUT2D eigenvalue weighted by molar-refractivity contribution is 14.1. The quantitative estimate of drug-likeness (QED) is 0.273. The van der Waals surface area contributed by atoms with Crippen LogP contribution in [-0.2, 0) is 11.0 Å². The molecule has 3 aromatic rings. The van der Waals surface area contributed by atoms with Crippen LogP contribution in [-0.4, -0.2) is 13.3 Å². The topological polar surface area (TPSA) is 22.1 Å². The molecule has 2 nitrogen and oxygen atoms in total. The molecule has 146 valence electrons. The Morgan fingerprint density at radius 2 is 1.39 bits per heavy atom. The van der Waals surface area contributed by atoms with Crippen LogP contribution in [0.15, 0.2) is 66.7 Å². The van der Waals surface area contributed by atoms with Gasteiger partial charge in [-0.25, -0.2) is 0 Å². The number of nitrogens with zero attached hydrogens (tertiary/aromatic N) is 1. The van der Waals surface area contributed by atoms with Crippen LogP contribution in [0.1, 0.15) is 26.3 Å². The van der Waals surface area contributed by atoms with E-state index < -0.39 is 20.2 Å². The zero-order valence-corrected chi connectivity index (χ0v) is 19.2. The number of halogens is 3. The van der Waals surface area contributed by atoms with Gasteiger partial charge in [-0.2, -0.15) is 13.8 Å². The van der Waals surface area contributed by atoms with Gasteiger partial charge in [-0.05, 0) is 44.1 Å². The van der Waals surface area contributed by atoms with Crippen molar-refractivity contribution < 1.29 is 13.2 Å². The third kappa shape index (κ3) is 4.04. The van der Waals surface area contributed by atoms with Crippen molar-refractivity contribution in [3.05, 3.63) is 87.8 Å². The molecule has 0 spiro atoms. The second-order valence-corrected chi connectivity index (χ2v) is 13.1. The Hall–Kier alpha value is -1.64. The van der Waals surface area contributed by atoms with Crippen molar-refractivity contribution in [2.75, 3.05) is 0 Å². The first-order valence-corrected chi connectivity index (χ1v) is 12.0. The summed E-state index contributed by atoms with van der Waals surface area (Å²) in [6.45, 7) is 6.50. The highest BCUT2D eigenvalue weighted by Gasteiger charge is 2.50. The summed E-state index contributed by atoms with van der Waals surface area (Å²) in [7, 11) is -2.78. The van der Waals surface area contributed by atoms with Crippen molar-refractivity contribution in [3.8, 4) is 0 Å². The maximum atomic E-state index is 14.3. The molecular weight excluding hydrogens is 487 g/mol. The standard InChI is InChI=1S/C22H22F2INOSi/c1-22(2,3)28(17-10-6-4-7-11-17,18-12-8-5-9-13-18)27-15-16-14-19(25)21(24)26-20(16)23/h4-14H,15H2,1-3H3. The van der Waals surface area contributed by atoms with Gasteiger partial charge in [0.05, 0.1) is 10.2 Å². The van der Waals surface area contributed by atoms with Gasteiger partial charge in [-0.15, -0.1) is 0 Å². The molecule has 0 saturated heterocycles. The average Bonchev–Trinajstić information content (AvgIpc) is 2.67. The van der Waals surface area contributed by atoms with E-state index in [2.05, 4.69) is 50.0 Å². The summed E-state index contributed by atoms with van der Waals surface area (Å²) in [6.07, 6.45) is 0. The Morgan fingerprint density at radius 3 is 1.86 bits per heavy atom. The summed E-state index contributed by atoms with van der Waals surface area (Å²) < 4.78 is 34.8. The van der Waals surface area contributed by atoms with E-state index >= 15 is 0 Å². The predicted molar refractivity (Wildman–Crippen MR) is 119 cm³/mol. The van der Waals surface area contributed by atoms with E-state index in [0.29, 0.717) is 0 Å². The summed E-state index contributed by atoms with van der Waals surface area (Å²) in [4.78, 5) is 3.38. The SMILES string of the molecule is CC(C)(C)[Si](OCc1cc(I)c(F)nc1F)(c1ccccc1)c1ccccc1. The molecule has 0 amide bonds. The van der Waals surface area contributed by atoms with Gasteiger partial charge in [0, 0.05) is 5.56 Å². The molecule has 0 atom stereocenters. The van der Waals surface area contributed by atoms with E-state index in [1.165, 1.54) is 6.07 Å². The maximum absolute atomic E-state index is 14.3. The van der Waals surface area contributed by atoms with Crippen LogP contribution < -0.4 is 10.4 Å². The summed E-state index contributed by atoms with van der Waals surface area (Å²) in [6, 6.07) is 21.7. The molecule has 0 radical (unpaired) electrons. The lowest BCUT2D eigenvalue weighted by Gasteiger charge is -2.43. The average molecular weight is 509 g/mol. The molecule has 0 aliphatic heterocycles. The normalized spacial score (nSPS) is 12.2. The van der Waals surface area contributed by atoms with E-state index in [1.807, 2.05) is 59.0 Å². The van der Waals surface area contributed by atoms with Gasteiger partial charge in [-0.3, -0.25) is 0 Å². The highest BCUT2D eigenvalue weighted by Crippen LogP contribution is 2.37. The number of benzene rings is 2. The van der Waals surface area contributed by atoms with E-state index in [-0.39, 0.29) is 20.8 Å². The van der Waals surface area contributed by atoms with Gasteiger partial charge < -0.3 is 4.43 Å². The van der Waals surface area contributed by atoms with Crippen LogP contribution >= 0.6 is 22.6 Å². The van der Waals surface area contributed by atoms with Crippen molar-refractivity contribution in [2.24, 2.45) is 0 Å². The minimum atomic E-state index is -2.78. The summed E-state index contributed by atoms with van der Waals surface area (Å²) in [5.74, 6) is -1.62. The molecule has 0 saturated carbocycles. The number of aromatic nitrogens is 1. The third-order valence-corrected chi connectivity index (χ3v) is 10.6. The fourth-order valence-electron chi connectivity index (χ4n) is 3.53. The van der Waals surface area contributed by atoms with Crippen molar-refractivity contribution in [2.45, 2.75) is 32.4 Å². The molecule has 0 fully saturated rings. The van der Waals surface area contributed by atoms with Crippen LogP contribution in [0, 0.1) is 15.5 Å². The molecule has 0 N–H and O–H groups in total. The molecule has 3 rings (SSSR count). The van der Waals surface area contributed by atoms with Crippen LogP contribution in [0.2, 0.25) is 5.04 Å². The third-order valence-electron chi connectivity index (χ3n) is 4.82. The second-order valence-electron chi connectivity index (χ2n) is 7.66. The molecule has 0 aliphatic carbocycles. The molecule has 6 heteroatoms. The first-order chi connectivity index (χ1) is 13.3. The van der Waals surface area contributed by atoms with E-state index in [0.717, 1.165) is 10.4 Å². The van der Waals surface area contributed by atoms with Crippen molar-refractivity contribution >= 4 is 41.3 Å². The van der Waals surface area contributed by atoms with Crippen LogP contribution in [0.3, 0.4) is 0 Å². The zero-order valence-electron chi connectivity index (χ0n) is 16.0. The van der Waals surface area contributed by atoms with Crippen LogP contribution in [0.5, 0.6) is 0 Å². The molecule has 1 aromatic heterocycles. The van der Waals surface area contributed by atoms with Gasteiger partial charge in [0.1, 0.15) is 0 Å². The largest absolute Gasteiger partial charge is 0.403 e. The van der Waals surface area contributed by atoms with Crippen molar-refractivity contribution in [1.29, 1.82) is 0 Å². The molecule has 2 aromatic carbocycles. The van der Waals surface area contributed by atoms with Gasteiger partial charge in [-0.1, -0.05) is 81.4 Å². The Balaban J connectivity index is 2.13. The van der Waals surface area contributed by atoms with Gasteiger partial charge in [0.15, 0.2) is 0 Å². The van der Waals surface area contributed by atoms with E-state index in [1.54, 1.807) is 0 Å². The Labute approximate surface area is 179 Å². The molecular formula is C22H22F2INOSi. The van der Waals surface area contributed by atoms with Crippen molar-refractivity contribution in [3.63, 3.8) is 0 Å². The Bertz CT molecular complexity index is 907. The lowest BCUT2D eigenvalue weighted by molar-refractivity contribution is 0.278. The minimum absolute atomic E-state index is 0.0302. The Morgan fingerprint density at radius 1 is 0.893 bits per heavy atom. The molecule has 28 heavy (non-hydrogen) atoms. The summed E-state index contributed by atoms with van der Waals surface area (Å²) in [5, 5.41) is 2.00. The van der Waals surface area contributed by atoms with E-state index in [4.69, 9.17) is 4.43 Å². The van der Waals surface area contributed by atoms with Gasteiger partial charge in [0.2, 0.25) is 11.9 Å². The summed E-state index contributed by atoms with van der Waals surface area (Å²) in [5.41, 5.74) is 0.263. The highest BCUT2D eigenvalue weighted by atomic mass is 127.